The van der Waals surface area contributed by atoms with Gasteiger partial charge in [-0.05, 0) is 32.9 Å². The van der Waals surface area contributed by atoms with E-state index < -0.39 is 0 Å². The summed E-state index contributed by atoms with van der Waals surface area (Å²) in [5, 5.41) is 0. The quantitative estimate of drug-likeness (QED) is 0.704. The van der Waals surface area contributed by atoms with E-state index in [1.807, 2.05) is 32.9 Å². The molecule has 1 rings (SSSR count). The van der Waals surface area contributed by atoms with Crippen LogP contribution in [0.15, 0.2) is 12.1 Å². The predicted octanol–water partition coefficient (Wildman–Crippen LogP) is 1.75. The molecule has 1 aromatic rings. The highest BCUT2D eigenvalue weighted by Gasteiger charge is 2.18. The van der Waals surface area contributed by atoms with Gasteiger partial charge in [0.05, 0.1) is 0 Å². The van der Waals surface area contributed by atoms with E-state index in [1.165, 1.54) is 0 Å². The SMILES string of the molecule is Cc1ccc(C)n1[C@H](C)C(=O)N(C)C. The van der Waals surface area contributed by atoms with Crippen LogP contribution in [0.25, 0.3) is 0 Å². The Morgan fingerprint density at radius 2 is 1.71 bits per heavy atom. The van der Waals surface area contributed by atoms with Crippen molar-refractivity contribution in [1.82, 2.24) is 9.47 Å². The maximum Gasteiger partial charge on any atom is 0.244 e. The number of carbonyl (C=O) groups is 1. The van der Waals surface area contributed by atoms with Crippen LogP contribution >= 0.6 is 0 Å². The summed E-state index contributed by atoms with van der Waals surface area (Å²) < 4.78 is 2.06. The normalized spacial score (nSPS) is 12.6. The monoisotopic (exact) mass is 194 g/mol. The second kappa shape index (κ2) is 3.86. The lowest BCUT2D eigenvalue weighted by Crippen LogP contribution is -2.30. The Bertz CT molecular complexity index is 320. The van der Waals surface area contributed by atoms with Crippen LogP contribution in [-0.4, -0.2) is 29.5 Å². The van der Waals surface area contributed by atoms with Crippen molar-refractivity contribution in [3.05, 3.63) is 23.5 Å². The summed E-state index contributed by atoms with van der Waals surface area (Å²) in [6.07, 6.45) is 0. The number of hydrogen-bond acceptors (Lipinski definition) is 1. The highest BCUT2D eigenvalue weighted by atomic mass is 16.2. The van der Waals surface area contributed by atoms with E-state index in [2.05, 4.69) is 4.57 Å². The fourth-order valence-electron chi connectivity index (χ4n) is 1.77. The molecule has 14 heavy (non-hydrogen) atoms. The summed E-state index contributed by atoms with van der Waals surface area (Å²) in [5.41, 5.74) is 2.26. The number of nitrogens with zero attached hydrogens (tertiary/aromatic N) is 2. The third kappa shape index (κ3) is 1.81. The third-order valence-electron chi connectivity index (χ3n) is 2.51. The summed E-state index contributed by atoms with van der Waals surface area (Å²) in [4.78, 5) is 13.4. The summed E-state index contributed by atoms with van der Waals surface area (Å²) in [6.45, 7) is 5.97. The van der Waals surface area contributed by atoms with E-state index >= 15 is 0 Å². The van der Waals surface area contributed by atoms with Crippen LogP contribution in [0.5, 0.6) is 0 Å². The standard InChI is InChI=1S/C11H18N2O/c1-8-6-7-9(2)13(8)10(3)11(14)12(4)5/h6-7,10H,1-5H3/t10-/m1/s1. The largest absolute Gasteiger partial charge is 0.347 e. The van der Waals surface area contributed by atoms with Crippen LogP contribution in [-0.2, 0) is 4.79 Å². The zero-order chi connectivity index (χ0) is 10.9. The Morgan fingerprint density at radius 1 is 1.29 bits per heavy atom. The molecule has 0 aliphatic rings. The molecule has 1 aromatic heterocycles. The molecule has 0 radical (unpaired) electrons. The van der Waals surface area contributed by atoms with Crippen molar-refractivity contribution in [2.24, 2.45) is 0 Å². The van der Waals surface area contributed by atoms with Gasteiger partial charge in [0.25, 0.3) is 0 Å². The van der Waals surface area contributed by atoms with Crippen molar-refractivity contribution in [3.8, 4) is 0 Å². The predicted molar refractivity (Wildman–Crippen MR) is 57.3 cm³/mol. The van der Waals surface area contributed by atoms with Crippen molar-refractivity contribution in [2.45, 2.75) is 26.8 Å². The molecule has 3 heteroatoms. The van der Waals surface area contributed by atoms with Gasteiger partial charge < -0.3 is 9.47 Å². The zero-order valence-electron chi connectivity index (χ0n) is 9.53. The molecule has 0 fully saturated rings. The summed E-state index contributed by atoms with van der Waals surface area (Å²) in [6, 6.07) is 3.96. The summed E-state index contributed by atoms with van der Waals surface area (Å²) in [5.74, 6) is 0.132. The maximum absolute atomic E-state index is 11.8. The first-order chi connectivity index (χ1) is 6.45. The average molecular weight is 194 g/mol. The van der Waals surface area contributed by atoms with Gasteiger partial charge in [0.1, 0.15) is 6.04 Å². The Hall–Kier alpha value is -1.25. The van der Waals surface area contributed by atoms with Crippen molar-refractivity contribution < 1.29 is 4.79 Å². The minimum absolute atomic E-state index is 0.111. The van der Waals surface area contributed by atoms with E-state index in [0.717, 1.165) is 11.4 Å². The first-order valence-corrected chi connectivity index (χ1v) is 4.80. The first kappa shape index (κ1) is 10.8. The van der Waals surface area contributed by atoms with Crippen molar-refractivity contribution in [2.75, 3.05) is 14.1 Å². The van der Waals surface area contributed by atoms with Crippen molar-refractivity contribution >= 4 is 5.91 Å². The molecule has 0 aromatic carbocycles. The maximum atomic E-state index is 11.8. The smallest absolute Gasteiger partial charge is 0.244 e. The topological polar surface area (TPSA) is 25.2 Å². The van der Waals surface area contributed by atoms with E-state index in [9.17, 15) is 4.79 Å². The molecular formula is C11H18N2O. The number of carbonyl (C=O) groups excluding carboxylic acids is 1. The molecule has 0 spiro atoms. The number of rotatable bonds is 2. The van der Waals surface area contributed by atoms with Crippen molar-refractivity contribution in [3.63, 3.8) is 0 Å². The van der Waals surface area contributed by atoms with E-state index in [1.54, 1.807) is 19.0 Å². The Kier molecular flexibility index (Phi) is 2.99. The lowest BCUT2D eigenvalue weighted by Gasteiger charge is -2.21. The van der Waals surface area contributed by atoms with E-state index in [4.69, 9.17) is 0 Å². The Labute approximate surface area is 85.3 Å². The summed E-state index contributed by atoms with van der Waals surface area (Å²) >= 11 is 0. The highest BCUT2D eigenvalue weighted by molar-refractivity contribution is 5.79. The number of likely N-dealkylation sites (N-methyl/N-ethyl adjacent to an activating group) is 1. The molecule has 1 heterocycles. The molecule has 0 aliphatic heterocycles. The average Bonchev–Trinajstić information content (AvgIpc) is 2.44. The minimum Gasteiger partial charge on any atom is -0.347 e. The molecule has 0 unspecified atom stereocenters. The fraction of sp³-hybridized carbons (Fsp3) is 0.545. The fourth-order valence-corrected chi connectivity index (χ4v) is 1.77. The summed E-state index contributed by atoms with van der Waals surface area (Å²) in [7, 11) is 3.57. The van der Waals surface area contributed by atoms with Gasteiger partial charge in [0.15, 0.2) is 0 Å². The molecule has 0 saturated carbocycles. The van der Waals surface area contributed by atoms with Crippen molar-refractivity contribution in [1.29, 1.82) is 0 Å². The number of hydrogen-bond donors (Lipinski definition) is 0. The lowest BCUT2D eigenvalue weighted by atomic mass is 10.2. The molecule has 1 atom stereocenters. The molecule has 0 aliphatic carbocycles. The molecule has 0 saturated heterocycles. The van der Waals surface area contributed by atoms with Crippen LogP contribution in [0.2, 0.25) is 0 Å². The van der Waals surface area contributed by atoms with E-state index in [-0.39, 0.29) is 11.9 Å². The van der Waals surface area contributed by atoms with Crippen LogP contribution in [0.3, 0.4) is 0 Å². The van der Waals surface area contributed by atoms with Crippen LogP contribution in [0.1, 0.15) is 24.4 Å². The number of amides is 1. The molecule has 0 N–H and O–H groups in total. The minimum atomic E-state index is -0.111. The van der Waals surface area contributed by atoms with Gasteiger partial charge in [0, 0.05) is 25.5 Å². The highest BCUT2D eigenvalue weighted by Crippen LogP contribution is 2.16. The lowest BCUT2D eigenvalue weighted by molar-refractivity contribution is -0.131. The number of aryl methyl sites for hydroxylation is 2. The van der Waals surface area contributed by atoms with Gasteiger partial charge in [-0.2, -0.15) is 0 Å². The second-order valence-corrected chi connectivity index (χ2v) is 3.89. The van der Waals surface area contributed by atoms with Gasteiger partial charge in [-0.3, -0.25) is 4.79 Å². The van der Waals surface area contributed by atoms with Crippen LogP contribution in [0.4, 0.5) is 0 Å². The van der Waals surface area contributed by atoms with E-state index in [0.29, 0.717) is 0 Å². The first-order valence-electron chi connectivity index (χ1n) is 4.80. The molecule has 0 bridgehead atoms. The molecule has 1 amide bonds. The number of aromatic nitrogens is 1. The van der Waals surface area contributed by atoms with Gasteiger partial charge in [-0.1, -0.05) is 0 Å². The van der Waals surface area contributed by atoms with Crippen LogP contribution < -0.4 is 0 Å². The Morgan fingerprint density at radius 3 is 2.07 bits per heavy atom. The molecule has 78 valence electrons. The van der Waals surface area contributed by atoms with Gasteiger partial charge in [0.2, 0.25) is 5.91 Å². The third-order valence-corrected chi connectivity index (χ3v) is 2.51. The zero-order valence-corrected chi connectivity index (χ0v) is 9.53. The van der Waals surface area contributed by atoms with Crippen LogP contribution in [0, 0.1) is 13.8 Å². The second-order valence-electron chi connectivity index (χ2n) is 3.89. The molecular weight excluding hydrogens is 176 g/mol. The van der Waals surface area contributed by atoms with Gasteiger partial charge in [-0.15, -0.1) is 0 Å². The van der Waals surface area contributed by atoms with Gasteiger partial charge in [-0.25, -0.2) is 0 Å². The molecule has 3 nitrogen and oxygen atoms in total. The Balaban J connectivity index is 3.00. The van der Waals surface area contributed by atoms with Gasteiger partial charge >= 0.3 is 0 Å².